The van der Waals surface area contributed by atoms with Crippen molar-refractivity contribution in [2.45, 2.75) is 176 Å². The van der Waals surface area contributed by atoms with E-state index in [2.05, 4.69) is 0 Å². The number of ether oxygens (including phenoxy) is 6. The molecule has 12 aromatic carbocycles. The molecule has 0 bridgehead atoms. The molecule has 0 amide bonds. The number of fused-ring (bicyclic) bond motifs is 6. The van der Waals surface area contributed by atoms with Gasteiger partial charge in [0.2, 0.25) is 0 Å². The van der Waals surface area contributed by atoms with E-state index in [0.717, 1.165) is 62.7 Å². The Balaban J connectivity index is 0.000000197. The third-order valence-corrected chi connectivity index (χ3v) is 21.7. The Morgan fingerprint density at radius 1 is 0.269 bits per heavy atom. The largest absolute Gasteiger partial charge is 0.508 e. The number of hydrogen-bond donors (Lipinski definition) is 9. The molecule has 630 valence electrons. The Hall–Kier alpha value is -12.8. The molecule has 0 saturated heterocycles. The Morgan fingerprint density at radius 3 is 1.18 bits per heavy atom. The van der Waals surface area contributed by atoms with Crippen molar-refractivity contribution < 1.29 is 103 Å². The van der Waals surface area contributed by atoms with Gasteiger partial charge in [0.15, 0.2) is 11.5 Å². The summed E-state index contributed by atoms with van der Waals surface area (Å²) in [5, 5.41) is 95.5. The van der Waals surface area contributed by atoms with Crippen molar-refractivity contribution in [1.29, 1.82) is 0 Å². The highest BCUT2D eigenvalue weighted by molar-refractivity contribution is 6.00. The van der Waals surface area contributed by atoms with Crippen LogP contribution in [0.1, 0.15) is 174 Å². The minimum atomic E-state index is -0.603. The Bertz CT molecular complexity index is 5630. The average Bonchev–Trinajstić information content (AvgIpc) is 0.798. The van der Waals surface area contributed by atoms with Crippen LogP contribution in [0.25, 0.3) is 64.6 Å². The first kappa shape index (κ1) is 93.4. The third kappa shape index (κ3) is 24.2. The zero-order chi connectivity index (χ0) is 88.3. The summed E-state index contributed by atoms with van der Waals surface area (Å²) in [5.74, 6) is 0.0561. The van der Waals surface area contributed by atoms with Gasteiger partial charge in [0.1, 0.15) is 76.5 Å². The first-order valence-corrected chi connectivity index (χ1v) is 39.6. The fraction of sp³-hybridized carbons (Fsp3) is 0.327. The van der Waals surface area contributed by atoms with Gasteiger partial charge in [0.05, 0.1) is 37.9 Å². The topological polar surface area (TPSA) is 340 Å². The van der Waals surface area contributed by atoms with Crippen molar-refractivity contribution in [2.75, 3.05) is 0 Å². The van der Waals surface area contributed by atoms with E-state index in [9.17, 15) is 74.7 Å². The van der Waals surface area contributed by atoms with Gasteiger partial charge in [-0.1, -0.05) is 139 Å². The maximum absolute atomic E-state index is 12.1. The van der Waals surface area contributed by atoms with Crippen molar-refractivity contribution >= 4 is 100 Å². The molecule has 12 aromatic rings. The lowest BCUT2D eigenvalue weighted by Gasteiger charge is -2.21. The molecule has 12 rings (SSSR count). The number of phenolic OH excluding ortho intramolecular Hbond substituents is 9. The molecule has 21 nitrogen and oxygen atoms in total. The molecule has 119 heavy (non-hydrogen) atoms. The van der Waals surface area contributed by atoms with Crippen LogP contribution in [0.3, 0.4) is 0 Å². The molecule has 0 heterocycles. The molecule has 0 radical (unpaired) electrons. The predicted octanol–water partition coefficient (Wildman–Crippen LogP) is 22.7. The Labute approximate surface area is 695 Å². The van der Waals surface area contributed by atoms with E-state index in [1.807, 2.05) is 165 Å². The third-order valence-electron chi connectivity index (χ3n) is 21.7. The number of carbonyl (C=O) groups is 6. The van der Waals surface area contributed by atoms with E-state index in [1.165, 1.54) is 36.4 Å². The highest BCUT2D eigenvalue weighted by atomic mass is 16.6. The lowest BCUT2D eigenvalue weighted by atomic mass is 9.90. The highest BCUT2D eigenvalue weighted by Crippen LogP contribution is 2.43. The van der Waals surface area contributed by atoms with Gasteiger partial charge in [-0.25, -0.2) is 0 Å². The number of rotatable bonds is 20. The maximum Gasteiger partial charge on any atom is 0.316 e. The van der Waals surface area contributed by atoms with Gasteiger partial charge in [-0.05, 0) is 257 Å². The Morgan fingerprint density at radius 2 is 0.655 bits per heavy atom. The van der Waals surface area contributed by atoms with Crippen molar-refractivity contribution in [3.8, 4) is 74.7 Å². The predicted molar refractivity (Wildman–Crippen MR) is 465 cm³/mol. The Kier molecular flexibility index (Phi) is 31.3. The first-order chi connectivity index (χ1) is 55.9. The van der Waals surface area contributed by atoms with Gasteiger partial charge in [-0.15, -0.1) is 0 Å². The van der Waals surface area contributed by atoms with Crippen LogP contribution < -0.4 is 18.9 Å². The van der Waals surface area contributed by atoms with Crippen LogP contribution in [0.2, 0.25) is 0 Å². The summed E-state index contributed by atoms with van der Waals surface area (Å²) in [4.78, 5) is 72.3. The van der Waals surface area contributed by atoms with Gasteiger partial charge in [0.25, 0.3) is 0 Å². The van der Waals surface area contributed by atoms with Crippen molar-refractivity contribution in [1.82, 2.24) is 0 Å². The summed E-state index contributed by atoms with van der Waals surface area (Å²) >= 11 is 0. The molecular formula is C98H112O21. The molecular weight excluding hydrogens is 1510 g/mol. The number of hydrogen-bond acceptors (Lipinski definition) is 21. The molecule has 0 aliphatic carbocycles. The summed E-state index contributed by atoms with van der Waals surface area (Å²) in [5.41, 5.74) is -1.29. The van der Waals surface area contributed by atoms with E-state index >= 15 is 0 Å². The molecule has 0 aliphatic heterocycles. The number of aromatic hydroxyl groups is 9. The number of benzene rings is 12. The minimum absolute atomic E-state index is 0.0319. The smallest absolute Gasteiger partial charge is 0.316 e. The van der Waals surface area contributed by atoms with Gasteiger partial charge in [-0.3, -0.25) is 28.8 Å². The second-order valence-corrected chi connectivity index (χ2v) is 32.9. The molecule has 0 unspecified atom stereocenters. The zero-order valence-electron chi connectivity index (χ0n) is 71.1. The molecule has 0 aromatic heterocycles. The first-order valence-electron chi connectivity index (χ1n) is 39.6. The maximum atomic E-state index is 12.1. The quantitative estimate of drug-likeness (QED) is 0.0194. The molecule has 21 heteroatoms. The van der Waals surface area contributed by atoms with Crippen LogP contribution in [0, 0.1) is 32.5 Å². The molecule has 0 spiro atoms. The summed E-state index contributed by atoms with van der Waals surface area (Å²) in [6.07, 6.45) is 4.20. The second-order valence-electron chi connectivity index (χ2n) is 32.9. The van der Waals surface area contributed by atoms with E-state index in [4.69, 9.17) is 28.4 Å². The standard InChI is InChI=1S/2C17H20O3.3C16H18O4.C16H18O3/c1-4-17(2,3)16(19)20-11-12-7-5-9-14-13(12)8-6-10-15(14)18;1-4-17(2,3)16(19)20-11-12-5-6-14-10-15(18)8-7-13(14)9-12;1-4-16(2,3)15(19)20-14-7-5-6-11-12(14)8-10(17)9-13(11)18;1-4-16(2,3)15(19)20-13-7-5-6-11-10(13)8-9-12(17)14(11)18;1-4-16(2,3)15(19)20-13-9-8-11(17)10-6-5-7-12(18)14(10)13;1-4-16(2,3)15(18)19-14-8-6-11-9-13(17)7-5-12(11)10-14/h2*5-10,18H,4,11H2,1-3H3;3*5-9,17-18H,4H2,1-3H3;5-10,17H,4H2,1-3H3. The number of esters is 6. The van der Waals surface area contributed by atoms with Crippen LogP contribution in [-0.2, 0) is 51.5 Å². The summed E-state index contributed by atoms with van der Waals surface area (Å²) in [6.45, 7) is 34.3. The minimum Gasteiger partial charge on any atom is -0.508 e. The van der Waals surface area contributed by atoms with Crippen LogP contribution >= 0.6 is 0 Å². The average molecular weight is 1630 g/mol. The second kappa shape index (κ2) is 39.9. The molecule has 0 atom stereocenters. The van der Waals surface area contributed by atoms with E-state index < -0.39 is 32.5 Å². The van der Waals surface area contributed by atoms with Crippen LogP contribution in [-0.4, -0.2) is 81.8 Å². The summed E-state index contributed by atoms with van der Waals surface area (Å²) < 4.78 is 32.5. The SMILES string of the molecule is CCC(C)(C)C(=O)OCc1ccc2cc(O)ccc2c1.CCC(C)(C)C(=O)OCc1cccc2c(O)cccc12.CCC(C)(C)C(=O)Oc1ccc(O)c2cccc(O)c12.CCC(C)(C)C(=O)Oc1ccc2cc(O)ccc2c1.CCC(C)(C)C(=O)Oc1cccc2c(O)c(O)ccc12.CCC(C)(C)C(=O)Oc1cccc2c(O)cc(O)cc12. The monoisotopic (exact) mass is 1620 g/mol. The highest BCUT2D eigenvalue weighted by Gasteiger charge is 2.33. The number of carbonyl (C=O) groups excluding carboxylic acids is 6. The van der Waals surface area contributed by atoms with Crippen LogP contribution in [0.5, 0.6) is 74.7 Å². The molecule has 0 aliphatic rings. The molecule has 0 saturated carbocycles. The lowest BCUT2D eigenvalue weighted by Crippen LogP contribution is -2.28. The van der Waals surface area contributed by atoms with E-state index in [0.29, 0.717) is 68.8 Å². The molecule has 0 fully saturated rings. The van der Waals surface area contributed by atoms with Gasteiger partial charge >= 0.3 is 35.8 Å². The van der Waals surface area contributed by atoms with Gasteiger partial charge in [-0.2, -0.15) is 0 Å². The van der Waals surface area contributed by atoms with Crippen molar-refractivity contribution in [3.05, 3.63) is 211 Å². The fourth-order valence-electron chi connectivity index (χ4n) is 10.9. The van der Waals surface area contributed by atoms with Crippen LogP contribution in [0.4, 0.5) is 0 Å². The fourth-order valence-corrected chi connectivity index (χ4v) is 10.9. The molecule has 9 N–H and O–H groups in total. The summed E-state index contributed by atoms with van der Waals surface area (Å²) in [6, 6.07) is 55.9. The van der Waals surface area contributed by atoms with Crippen molar-refractivity contribution in [2.24, 2.45) is 32.5 Å². The van der Waals surface area contributed by atoms with Crippen LogP contribution in [0.15, 0.2) is 200 Å². The zero-order valence-corrected chi connectivity index (χ0v) is 71.1. The van der Waals surface area contributed by atoms with Gasteiger partial charge < -0.3 is 74.4 Å². The normalized spacial score (nSPS) is 11.5. The van der Waals surface area contributed by atoms with Crippen molar-refractivity contribution in [3.63, 3.8) is 0 Å². The van der Waals surface area contributed by atoms with E-state index in [-0.39, 0.29) is 107 Å². The van der Waals surface area contributed by atoms with Gasteiger partial charge in [0, 0.05) is 38.4 Å². The summed E-state index contributed by atoms with van der Waals surface area (Å²) in [7, 11) is 0. The lowest BCUT2D eigenvalue weighted by molar-refractivity contribution is -0.156. The number of phenols is 9. The van der Waals surface area contributed by atoms with E-state index in [1.54, 1.807) is 123 Å².